The van der Waals surface area contributed by atoms with Gasteiger partial charge in [-0.15, -0.1) is 0 Å². The van der Waals surface area contributed by atoms with Crippen LogP contribution in [0.5, 0.6) is 0 Å². The summed E-state index contributed by atoms with van der Waals surface area (Å²) in [7, 11) is 0. The van der Waals surface area contributed by atoms with Crippen LogP contribution in [-0.4, -0.2) is 4.98 Å². The van der Waals surface area contributed by atoms with Gasteiger partial charge in [0.25, 0.3) is 0 Å². The second-order valence-electron chi connectivity index (χ2n) is 2.94. The number of aromatic nitrogens is 1. The Morgan fingerprint density at radius 2 is 2.08 bits per heavy atom. The first kappa shape index (κ1) is 7.29. The largest absolute Gasteiger partial charge is 0.261 e. The summed E-state index contributed by atoms with van der Waals surface area (Å²) < 4.78 is 0. The number of hydrogen-bond donors (Lipinski definition) is 0. The van der Waals surface area contributed by atoms with E-state index in [1.54, 1.807) is 0 Å². The molecule has 2 rings (SSSR count). The van der Waals surface area contributed by atoms with Gasteiger partial charge in [0, 0.05) is 17.5 Å². The fourth-order valence-electron chi connectivity index (χ4n) is 1.42. The van der Waals surface area contributed by atoms with Gasteiger partial charge in [0.05, 0.1) is 0 Å². The molecule has 60 valence electrons. The maximum Gasteiger partial charge on any atom is 0.0450 e. The highest BCUT2D eigenvalue weighted by Gasteiger charge is 2.01. The number of pyridine rings is 1. The molecule has 0 unspecified atom stereocenters. The van der Waals surface area contributed by atoms with E-state index in [1.165, 1.54) is 11.1 Å². The molecule has 0 saturated heterocycles. The van der Waals surface area contributed by atoms with Crippen molar-refractivity contribution >= 4 is 12.2 Å². The molecule has 0 radical (unpaired) electrons. The number of fused-ring (bicyclic) bond motifs is 1. The zero-order valence-corrected chi connectivity index (χ0v) is 7.12. The van der Waals surface area contributed by atoms with Gasteiger partial charge >= 0.3 is 0 Å². The number of nitrogens with zero attached hydrogens (tertiary/aromatic N) is 1. The van der Waals surface area contributed by atoms with E-state index in [-0.39, 0.29) is 0 Å². The highest BCUT2D eigenvalue weighted by atomic mass is 14.7. The SMILES string of the molecule is Cc1nccc2c1C=CCC=C2. The van der Waals surface area contributed by atoms with E-state index in [0.29, 0.717) is 0 Å². The molecule has 12 heavy (non-hydrogen) atoms. The summed E-state index contributed by atoms with van der Waals surface area (Å²) in [6, 6.07) is 2.05. The van der Waals surface area contributed by atoms with Crippen LogP contribution in [0.3, 0.4) is 0 Å². The van der Waals surface area contributed by atoms with E-state index in [1.807, 2.05) is 13.1 Å². The molecule has 1 aliphatic carbocycles. The van der Waals surface area contributed by atoms with Crippen molar-refractivity contribution in [1.29, 1.82) is 0 Å². The minimum atomic E-state index is 1.02. The lowest BCUT2D eigenvalue weighted by Gasteiger charge is -2.01. The molecule has 1 aromatic heterocycles. The Bertz CT molecular complexity index is 348. The lowest BCUT2D eigenvalue weighted by molar-refractivity contribution is 1.18. The summed E-state index contributed by atoms with van der Waals surface area (Å²) in [6.07, 6.45) is 11.5. The second-order valence-corrected chi connectivity index (χ2v) is 2.94. The molecule has 0 fully saturated rings. The number of hydrogen-bond acceptors (Lipinski definition) is 1. The van der Waals surface area contributed by atoms with Crippen LogP contribution in [-0.2, 0) is 0 Å². The molecule has 0 amide bonds. The van der Waals surface area contributed by atoms with Crippen LogP contribution in [0.2, 0.25) is 0 Å². The lowest BCUT2D eigenvalue weighted by Crippen LogP contribution is -1.88. The Balaban J connectivity index is 2.65. The molecule has 0 aromatic carbocycles. The van der Waals surface area contributed by atoms with E-state index in [4.69, 9.17) is 0 Å². The average molecular weight is 157 g/mol. The third-order valence-corrected chi connectivity index (χ3v) is 2.08. The van der Waals surface area contributed by atoms with Crippen molar-refractivity contribution in [2.45, 2.75) is 13.3 Å². The van der Waals surface area contributed by atoms with Crippen LogP contribution < -0.4 is 0 Å². The van der Waals surface area contributed by atoms with E-state index >= 15 is 0 Å². The Hall–Kier alpha value is -1.37. The van der Waals surface area contributed by atoms with Gasteiger partial charge in [0.1, 0.15) is 0 Å². The minimum Gasteiger partial charge on any atom is -0.261 e. The van der Waals surface area contributed by atoms with Gasteiger partial charge in [-0.1, -0.05) is 24.3 Å². The third-order valence-electron chi connectivity index (χ3n) is 2.08. The van der Waals surface area contributed by atoms with Gasteiger partial charge in [-0.05, 0) is 25.0 Å². The summed E-state index contributed by atoms with van der Waals surface area (Å²) in [6.45, 7) is 2.04. The van der Waals surface area contributed by atoms with Crippen molar-refractivity contribution in [3.63, 3.8) is 0 Å². The lowest BCUT2D eigenvalue weighted by atomic mass is 10.1. The van der Waals surface area contributed by atoms with Crippen LogP contribution >= 0.6 is 0 Å². The molecule has 1 heteroatoms. The predicted octanol–water partition coefficient (Wildman–Crippen LogP) is 2.82. The highest BCUT2D eigenvalue weighted by Crippen LogP contribution is 2.18. The van der Waals surface area contributed by atoms with E-state index < -0.39 is 0 Å². The fourth-order valence-corrected chi connectivity index (χ4v) is 1.42. The van der Waals surface area contributed by atoms with Crippen LogP contribution in [0, 0.1) is 6.92 Å². The first-order valence-electron chi connectivity index (χ1n) is 4.16. The van der Waals surface area contributed by atoms with Crippen LogP contribution in [0.4, 0.5) is 0 Å². The highest BCUT2D eigenvalue weighted by molar-refractivity contribution is 5.68. The Morgan fingerprint density at radius 3 is 3.00 bits per heavy atom. The van der Waals surface area contributed by atoms with Crippen molar-refractivity contribution in [3.05, 3.63) is 41.2 Å². The first-order chi connectivity index (χ1) is 5.88. The smallest absolute Gasteiger partial charge is 0.0450 e. The maximum atomic E-state index is 4.25. The van der Waals surface area contributed by atoms with Crippen LogP contribution in [0.25, 0.3) is 12.2 Å². The van der Waals surface area contributed by atoms with Gasteiger partial charge in [0.2, 0.25) is 0 Å². The molecule has 0 atom stereocenters. The van der Waals surface area contributed by atoms with E-state index in [2.05, 4.69) is 35.4 Å². The van der Waals surface area contributed by atoms with Gasteiger partial charge < -0.3 is 0 Å². The van der Waals surface area contributed by atoms with Gasteiger partial charge in [-0.25, -0.2) is 0 Å². The molecule has 0 saturated carbocycles. The first-order valence-corrected chi connectivity index (χ1v) is 4.16. The third kappa shape index (κ3) is 1.18. The average Bonchev–Trinajstić information content (AvgIpc) is 2.30. The fraction of sp³-hybridized carbons (Fsp3) is 0.182. The zero-order chi connectivity index (χ0) is 8.39. The minimum absolute atomic E-state index is 1.02. The molecule has 1 heterocycles. The Kier molecular flexibility index (Phi) is 1.78. The number of allylic oxidation sites excluding steroid dienone is 2. The second kappa shape index (κ2) is 2.94. The Morgan fingerprint density at radius 1 is 1.25 bits per heavy atom. The standard InChI is InChI=1S/C11H11N/c1-9-11-6-4-2-3-5-10(11)7-8-12-9/h3-8H,2H2,1H3. The van der Waals surface area contributed by atoms with Crippen molar-refractivity contribution in [1.82, 2.24) is 4.98 Å². The van der Waals surface area contributed by atoms with Gasteiger partial charge in [-0.2, -0.15) is 0 Å². The topological polar surface area (TPSA) is 12.9 Å². The van der Waals surface area contributed by atoms with E-state index in [0.717, 1.165) is 12.1 Å². The molecule has 0 spiro atoms. The zero-order valence-electron chi connectivity index (χ0n) is 7.12. The van der Waals surface area contributed by atoms with Crippen LogP contribution in [0.15, 0.2) is 24.4 Å². The normalized spacial score (nSPS) is 14.1. The molecule has 0 N–H and O–H groups in total. The molecular weight excluding hydrogens is 146 g/mol. The van der Waals surface area contributed by atoms with Crippen molar-refractivity contribution in [2.24, 2.45) is 0 Å². The molecule has 1 aliphatic rings. The summed E-state index contributed by atoms with van der Waals surface area (Å²) in [5.41, 5.74) is 3.64. The van der Waals surface area contributed by atoms with E-state index in [9.17, 15) is 0 Å². The quantitative estimate of drug-likeness (QED) is 0.564. The molecule has 1 aromatic rings. The monoisotopic (exact) mass is 157 g/mol. The van der Waals surface area contributed by atoms with Crippen LogP contribution in [0.1, 0.15) is 23.2 Å². The van der Waals surface area contributed by atoms with Gasteiger partial charge in [0.15, 0.2) is 0 Å². The molecule has 0 bridgehead atoms. The number of aryl methyl sites for hydroxylation is 1. The predicted molar refractivity (Wildman–Crippen MR) is 51.7 cm³/mol. The molecule has 1 nitrogen and oxygen atoms in total. The number of rotatable bonds is 0. The van der Waals surface area contributed by atoms with Crippen molar-refractivity contribution < 1.29 is 0 Å². The summed E-state index contributed by atoms with van der Waals surface area (Å²) in [5.74, 6) is 0. The summed E-state index contributed by atoms with van der Waals surface area (Å²) >= 11 is 0. The summed E-state index contributed by atoms with van der Waals surface area (Å²) in [5, 5.41) is 0. The molecule has 0 aliphatic heterocycles. The summed E-state index contributed by atoms with van der Waals surface area (Å²) in [4.78, 5) is 4.25. The Labute approximate surface area is 72.5 Å². The van der Waals surface area contributed by atoms with Crippen molar-refractivity contribution in [2.75, 3.05) is 0 Å². The maximum absolute atomic E-state index is 4.25. The molecular formula is C11H11N. The van der Waals surface area contributed by atoms with Gasteiger partial charge in [-0.3, -0.25) is 4.98 Å². The van der Waals surface area contributed by atoms with Crippen molar-refractivity contribution in [3.8, 4) is 0 Å².